The van der Waals surface area contributed by atoms with Crippen molar-refractivity contribution in [3.63, 3.8) is 0 Å². The highest BCUT2D eigenvalue weighted by Gasteiger charge is 2.50. The second-order valence-electron chi connectivity index (χ2n) is 9.78. The minimum atomic E-state index is -1.19. The summed E-state index contributed by atoms with van der Waals surface area (Å²) in [6, 6.07) is 2.68. The van der Waals surface area contributed by atoms with Crippen molar-refractivity contribution in [2.45, 2.75) is 64.7 Å². The normalized spacial score (nSPS) is 21.6. The van der Waals surface area contributed by atoms with E-state index in [1.54, 1.807) is 0 Å². The van der Waals surface area contributed by atoms with Crippen molar-refractivity contribution in [3.05, 3.63) is 24.0 Å². The number of hydrogen-bond acceptors (Lipinski definition) is 6. The molecule has 33 heavy (non-hydrogen) atoms. The Morgan fingerprint density at radius 2 is 2.00 bits per heavy atom. The Kier molecular flexibility index (Phi) is 7.16. The molecule has 1 aromatic rings. The zero-order chi connectivity index (χ0) is 24.4. The molecule has 1 fully saturated rings. The largest absolute Gasteiger partial charge is 0.482 e. The number of benzene rings is 1. The van der Waals surface area contributed by atoms with Crippen LogP contribution in [0.2, 0.25) is 0 Å². The van der Waals surface area contributed by atoms with Crippen LogP contribution in [0, 0.1) is 17.2 Å². The summed E-state index contributed by atoms with van der Waals surface area (Å²) in [6.07, 6.45) is -1.47. The lowest BCUT2D eigenvalue weighted by atomic mass is 9.78. The summed E-state index contributed by atoms with van der Waals surface area (Å²) in [5.41, 5.74) is 4.19. The standard InChI is InChI=1S/C23H32FN3O6/c1-13(22(2,3)4)11-17(32-21(25)30)19(28)27-18-20(29)26-15-6-5-14(24)12-16(15)33-23(18)7-9-31-10-8-23/h5-6,12-13,17-18H,7-11H2,1-4H3,(H2,25,30)(H,26,29)(H,27,28)/t13?,17-,18?/m0/s1. The average Bonchev–Trinajstić information content (AvgIpc) is 2.82. The van der Waals surface area contributed by atoms with E-state index in [1.807, 2.05) is 27.7 Å². The van der Waals surface area contributed by atoms with Gasteiger partial charge in [0.15, 0.2) is 6.10 Å². The van der Waals surface area contributed by atoms with Crippen LogP contribution in [0.15, 0.2) is 18.2 Å². The maximum atomic E-state index is 13.9. The minimum absolute atomic E-state index is 0.00363. The molecular weight excluding hydrogens is 433 g/mol. The molecule has 0 aliphatic carbocycles. The third-order valence-electron chi connectivity index (χ3n) is 6.53. The van der Waals surface area contributed by atoms with Crippen molar-refractivity contribution in [1.82, 2.24) is 5.32 Å². The molecule has 2 unspecified atom stereocenters. The molecule has 2 heterocycles. The molecule has 4 N–H and O–H groups in total. The van der Waals surface area contributed by atoms with Gasteiger partial charge >= 0.3 is 6.09 Å². The third-order valence-corrected chi connectivity index (χ3v) is 6.53. The van der Waals surface area contributed by atoms with Crippen molar-refractivity contribution >= 4 is 23.6 Å². The zero-order valence-electron chi connectivity index (χ0n) is 19.4. The van der Waals surface area contributed by atoms with Gasteiger partial charge in [-0.15, -0.1) is 0 Å². The molecule has 0 radical (unpaired) electrons. The quantitative estimate of drug-likeness (QED) is 0.613. The number of primary amides is 1. The highest BCUT2D eigenvalue weighted by molar-refractivity contribution is 6.00. The van der Waals surface area contributed by atoms with E-state index in [-0.39, 0.29) is 23.5 Å². The molecule has 1 aromatic carbocycles. The summed E-state index contributed by atoms with van der Waals surface area (Å²) < 4.78 is 30.6. The fraction of sp³-hybridized carbons (Fsp3) is 0.609. The molecule has 2 aliphatic heterocycles. The average molecular weight is 466 g/mol. The van der Waals surface area contributed by atoms with Crippen LogP contribution in [0.1, 0.15) is 47.0 Å². The first-order valence-electron chi connectivity index (χ1n) is 11.0. The lowest BCUT2D eigenvalue weighted by molar-refractivity contribution is -0.141. The predicted molar refractivity (Wildman–Crippen MR) is 118 cm³/mol. The molecule has 3 amide bonds. The number of ether oxygens (including phenoxy) is 3. The number of amides is 3. The molecule has 1 saturated heterocycles. The Labute approximate surface area is 192 Å². The second-order valence-corrected chi connectivity index (χ2v) is 9.78. The number of carbonyl (C=O) groups is 3. The Bertz CT molecular complexity index is 910. The van der Waals surface area contributed by atoms with Crippen LogP contribution < -0.4 is 21.1 Å². The van der Waals surface area contributed by atoms with Gasteiger partial charge in [-0.25, -0.2) is 9.18 Å². The molecule has 1 spiro atoms. The number of halogens is 1. The third kappa shape index (κ3) is 5.73. The molecule has 2 aliphatic rings. The molecule has 182 valence electrons. The van der Waals surface area contributed by atoms with Gasteiger partial charge in [0.1, 0.15) is 23.2 Å². The Morgan fingerprint density at radius 3 is 2.61 bits per heavy atom. The number of anilines is 1. The summed E-state index contributed by atoms with van der Waals surface area (Å²) in [4.78, 5) is 38.0. The SMILES string of the molecule is CC(C[C@H](OC(N)=O)C(=O)NC1C(=O)Nc2ccc(F)cc2OC12CCOCC2)C(C)(C)C. The van der Waals surface area contributed by atoms with Gasteiger partial charge in [0.2, 0.25) is 0 Å². The molecule has 0 aromatic heterocycles. The van der Waals surface area contributed by atoms with Crippen molar-refractivity contribution in [2.75, 3.05) is 18.5 Å². The van der Waals surface area contributed by atoms with Crippen LogP contribution in [-0.2, 0) is 19.1 Å². The van der Waals surface area contributed by atoms with E-state index in [0.29, 0.717) is 31.7 Å². The van der Waals surface area contributed by atoms with Crippen LogP contribution in [0.3, 0.4) is 0 Å². The van der Waals surface area contributed by atoms with Crippen LogP contribution in [0.4, 0.5) is 14.9 Å². The lowest BCUT2D eigenvalue weighted by Crippen LogP contribution is -2.63. The van der Waals surface area contributed by atoms with E-state index < -0.39 is 41.5 Å². The maximum absolute atomic E-state index is 13.9. The number of nitrogens with two attached hydrogens (primary N) is 1. The Hall–Kier alpha value is -2.88. The minimum Gasteiger partial charge on any atom is -0.482 e. The molecule has 3 atom stereocenters. The van der Waals surface area contributed by atoms with E-state index in [1.165, 1.54) is 18.2 Å². The maximum Gasteiger partial charge on any atom is 0.405 e. The summed E-state index contributed by atoms with van der Waals surface area (Å²) in [7, 11) is 0. The van der Waals surface area contributed by atoms with Gasteiger partial charge in [0.25, 0.3) is 11.8 Å². The number of fused-ring (bicyclic) bond motifs is 1. The lowest BCUT2D eigenvalue weighted by Gasteiger charge is -2.41. The fourth-order valence-corrected chi connectivity index (χ4v) is 3.97. The fourth-order valence-electron chi connectivity index (χ4n) is 3.97. The van der Waals surface area contributed by atoms with Gasteiger partial charge in [0, 0.05) is 18.9 Å². The van der Waals surface area contributed by atoms with Crippen molar-refractivity contribution in [3.8, 4) is 5.75 Å². The van der Waals surface area contributed by atoms with Gasteiger partial charge < -0.3 is 30.6 Å². The van der Waals surface area contributed by atoms with Crippen LogP contribution >= 0.6 is 0 Å². The highest BCUT2D eigenvalue weighted by Crippen LogP contribution is 2.39. The number of carbonyl (C=O) groups excluding carboxylic acids is 3. The van der Waals surface area contributed by atoms with Gasteiger partial charge in [-0.1, -0.05) is 27.7 Å². The monoisotopic (exact) mass is 465 g/mol. The smallest absolute Gasteiger partial charge is 0.405 e. The van der Waals surface area contributed by atoms with Gasteiger partial charge in [-0.2, -0.15) is 0 Å². The first-order chi connectivity index (χ1) is 15.4. The highest BCUT2D eigenvalue weighted by atomic mass is 19.1. The van der Waals surface area contributed by atoms with Crippen molar-refractivity contribution in [1.29, 1.82) is 0 Å². The molecular formula is C23H32FN3O6. The second kappa shape index (κ2) is 9.54. The zero-order valence-corrected chi connectivity index (χ0v) is 19.4. The van der Waals surface area contributed by atoms with Crippen molar-refractivity contribution in [2.24, 2.45) is 17.1 Å². The van der Waals surface area contributed by atoms with Crippen LogP contribution in [-0.4, -0.2) is 48.9 Å². The molecule has 9 nitrogen and oxygen atoms in total. The Morgan fingerprint density at radius 1 is 1.33 bits per heavy atom. The summed E-state index contributed by atoms with van der Waals surface area (Å²) in [5, 5.41) is 5.43. The predicted octanol–water partition coefficient (Wildman–Crippen LogP) is 2.73. The Balaban J connectivity index is 1.90. The van der Waals surface area contributed by atoms with E-state index in [9.17, 15) is 18.8 Å². The summed E-state index contributed by atoms with van der Waals surface area (Å²) in [5.74, 6) is -1.52. The first-order valence-corrected chi connectivity index (χ1v) is 11.0. The molecule has 10 heteroatoms. The number of nitrogens with one attached hydrogen (secondary N) is 2. The number of hydrogen-bond donors (Lipinski definition) is 3. The summed E-state index contributed by atoms with van der Waals surface area (Å²) >= 11 is 0. The van der Waals surface area contributed by atoms with Gasteiger partial charge in [-0.3, -0.25) is 9.59 Å². The molecule has 3 rings (SSSR count). The topological polar surface area (TPSA) is 129 Å². The van der Waals surface area contributed by atoms with E-state index in [4.69, 9.17) is 19.9 Å². The van der Waals surface area contributed by atoms with E-state index >= 15 is 0 Å². The van der Waals surface area contributed by atoms with E-state index in [2.05, 4.69) is 10.6 Å². The van der Waals surface area contributed by atoms with Crippen molar-refractivity contribution < 1.29 is 33.0 Å². The first kappa shape index (κ1) is 24.8. The van der Waals surface area contributed by atoms with Gasteiger partial charge in [0.05, 0.1) is 18.9 Å². The van der Waals surface area contributed by atoms with Gasteiger partial charge in [-0.05, 0) is 29.9 Å². The summed E-state index contributed by atoms with van der Waals surface area (Å²) in [6.45, 7) is 8.57. The number of rotatable bonds is 5. The van der Waals surface area contributed by atoms with Crippen LogP contribution in [0.25, 0.3) is 0 Å². The van der Waals surface area contributed by atoms with E-state index in [0.717, 1.165) is 0 Å². The molecule has 0 bridgehead atoms. The van der Waals surface area contributed by atoms with Crippen LogP contribution in [0.5, 0.6) is 5.75 Å². The molecule has 0 saturated carbocycles.